The van der Waals surface area contributed by atoms with Crippen LogP contribution < -0.4 is 0 Å². The van der Waals surface area contributed by atoms with Crippen molar-refractivity contribution >= 4 is 39.5 Å². The number of aliphatic hydroxyl groups is 1. The normalized spacial score (nSPS) is 14.5. The van der Waals surface area contributed by atoms with E-state index in [2.05, 4.69) is 90.2 Å². The van der Waals surface area contributed by atoms with Crippen LogP contribution in [0.1, 0.15) is 318 Å². The van der Waals surface area contributed by atoms with Crippen LogP contribution in [0.5, 0.6) is 0 Å². The van der Waals surface area contributed by atoms with Gasteiger partial charge in [0.25, 0.3) is 0 Å². The number of rotatable bonds is 67. The lowest BCUT2D eigenvalue weighted by Crippen LogP contribution is -2.30. The van der Waals surface area contributed by atoms with Crippen LogP contribution in [-0.2, 0) is 65.4 Å². The van der Waals surface area contributed by atoms with Gasteiger partial charge in [0.15, 0.2) is 12.2 Å². The average molecular weight is 1330 g/mol. The lowest BCUT2D eigenvalue weighted by molar-refractivity contribution is -0.161. The highest BCUT2D eigenvalue weighted by atomic mass is 31.2. The van der Waals surface area contributed by atoms with Crippen LogP contribution in [0.2, 0.25) is 0 Å². The summed E-state index contributed by atoms with van der Waals surface area (Å²) >= 11 is 0. The van der Waals surface area contributed by atoms with Gasteiger partial charge in [-0.2, -0.15) is 0 Å². The van der Waals surface area contributed by atoms with Gasteiger partial charge in [-0.05, 0) is 88.9 Å². The van der Waals surface area contributed by atoms with Crippen molar-refractivity contribution in [3.63, 3.8) is 0 Å². The van der Waals surface area contributed by atoms with Crippen molar-refractivity contribution in [1.29, 1.82) is 0 Å². The van der Waals surface area contributed by atoms with Crippen molar-refractivity contribution in [2.75, 3.05) is 39.6 Å². The smallest absolute Gasteiger partial charge is 0.462 e. The van der Waals surface area contributed by atoms with E-state index < -0.39 is 97.5 Å². The zero-order chi connectivity index (χ0) is 67.2. The minimum atomic E-state index is -4.96. The van der Waals surface area contributed by atoms with Gasteiger partial charge in [-0.15, -0.1) is 0 Å². The first-order valence-corrected chi connectivity index (χ1v) is 39.1. The largest absolute Gasteiger partial charge is 0.472 e. The van der Waals surface area contributed by atoms with E-state index in [9.17, 15) is 43.2 Å². The predicted octanol–water partition coefficient (Wildman–Crippen LogP) is 19.9. The monoisotopic (exact) mass is 1330 g/mol. The predicted molar refractivity (Wildman–Crippen MR) is 367 cm³/mol. The van der Waals surface area contributed by atoms with Gasteiger partial charge in [-0.3, -0.25) is 37.3 Å². The van der Waals surface area contributed by atoms with E-state index in [1.54, 1.807) is 0 Å². The SMILES string of the molecule is CCCCCC/C=C\C=C/CCCCCCCC(=O)OC[C@H](COP(=O)(O)OC[C@@H](O)COP(=O)(O)OC[C@@H](COC(=O)CCCCCCCCC(C)C)OC(=O)CCCCCCC/C=C\C=C/CCCCCC)OC(=O)CCCCCCCCCCCC(C)C. The third-order valence-electron chi connectivity index (χ3n) is 15.5. The number of phosphoric ester groups is 2. The highest BCUT2D eigenvalue weighted by molar-refractivity contribution is 7.47. The summed E-state index contributed by atoms with van der Waals surface area (Å²) in [4.78, 5) is 72.5. The van der Waals surface area contributed by atoms with Crippen molar-refractivity contribution < 1.29 is 80.2 Å². The van der Waals surface area contributed by atoms with Gasteiger partial charge in [0, 0.05) is 25.7 Å². The van der Waals surface area contributed by atoms with Gasteiger partial charge in [0.2, 0.25) is 0 Å². The van der Waals surface area contributed by atoms with Crippen LogP contribution in [0.15, 0.2) is 48.6 Å². The summed E-state index contributed by atoms with van der Waals surface area (Å²) < 4.78 is 68.2. The average Bonchev–Trinajstić information content (AvgIpc) is 2.86. The van der Waals surface area contributed by atoms with E-state index in [0.29, 0.717) is 31.6 Å². The molecule has 0 aromatic rings. The first-order chi connectivity index (χ1) is 43.9. The van der Waals surface area contributed by atoms with Crippen molar-refractivity contribution in [1.82, 2.24) is 0 Å². The van der Waals surface area contributed by atoms with Crippen LogP contribution in [0.3, 0.4) is 0 Å². The fourth-order valence-corrected chi connectivity index (χ4v) is 11.4. The molecule has 5 atom stereocenters. The number of aliphatic hydroxyl groups excluding tert-OH is 1. The van der Waals surface area contributed by atoms with Crippen molar-refractivity contribution in [2.45, 2.75) is 336 Å². The molecule has 0 aliphatic rings. The van der Waals surface area contributed by atoms with Crippen LogP contribution in [0.25, 0.3) is 0 Å². The molecule has 0 saturated heterocycles. The van der Waals surface area contributed by atoms with Gasteiger partial charge in [0.1, 0.15) is 19.3 Å². The Labute approximate surface area is 553 Å². The minimum absolute atomic E-state index is 0.0813. The Bertz CT molecular complexity index is 1960. The summed E-state index contributed by atoms with van der Waals surface area (Å²) in [7, 11) is -9.93. The number of hydrogen-bond acceptors (Lipinski definition) is 15. The Morgan fingerprint density at radius 1 is 0.341 bits per heavy atom. The number of carbonyl (C=O) groups excluding carboxylic acids is 4. The topological polar surface area (TPSA) is 237 Å². The second-order valence-corrected chi connectivity index (χ2v) is 28.5. The van der Waals surface area contributed by atoms with Gasteiger partial charge < -0.3 is 33.8 Å². The third-order valence-corrected chi connectivity index (χ3v) is 17.4. The van der Waals surface area contributed by atoms with Gasteiger partial charge in [-0.25, -0.2) is 9.13 Å². The van der Waals surface area contributed by atoms with Crippen LogP contribution in [0.4, 0.5) is 0 Å². The number of phosphoric acid groups is 2. The molecule has 0 radical (unpaired) electrons. The lowest BCUT2D eigenvalue weighted by Gasteiger charge is -2.21. The molecule has 0 aliphatic carbocycles. The molecule has 0 aromatic heterocycles. The Kier molecular flexibility index (Phi) is 61.0. The van der Waals surface area contributed by atoms with Crippen LogP contribution >= 0.6 is 15.6 Å². The number of unbranched alkanes of at least 4 members (excludes halogenated alkanes) is 31. The van der Waals surface area contributed by atoms with E-state index in [4.69, 9.17) is 37.0 Å². The molecule has 0 aromatic carbocycles. The summed E-state index contributed by atoms with van der Waals surface area (Å²) in [6, 6.07) is 0. The molecular weight excluding hydrogens is 1200 g/mol. The lowest BCUT2D eigenvalue weighted by atomic mass is 10.0. The third kappa shape index (κ3) is 65.5. The Balaban J connectivity index is 5.30. The first-order valence-electron chi connectivity index (χ1n) is 36.1. The highest BCUT2D eigenvalue weighted by Crippen LogP contribution is 2.45. The summed E-state index contributed by atoms with van der Waals surface area (Å²) in [5.41, 5.74) is 0. The maximum atomic E-state index is 13.0. The van der Waals surface area contributed by atoms with Crippen LogP contribution in [-0.4, -0.2) is 96.7 Å². The molecular formula is C72H132O17P2. The highest BCUT2D eigenvalue weighted by Gasteiger charge is 2.30. The van der Waals surface area contributed by atoms with E-state index in [-0.39, 0.29) is 25.7 Å². The molecule has 0 heterocycles. The quantitative estimate of drug-likeness (QED) is 0.0169. The Morgan fingerprint density at radius 2 is 0.593 bits per heavy atom. The van der Waals surface area contributed by atoms with E-state index in [1.807, 2.05) is 0 Å². The zero-order valence-corrected chi connectivity index (χ0v) is 59.9. The van der Waals surface area contributed by atoms with Gasteiger partial charge >= 0.3 is 39.5 Å². The van der Waals surface area contributed by atoms with E-state index in [0.717, 1.165) is 134 Å². The van der Waals surface area contributed by atoms with Crippen LogP contribution in [0, 0.1) is 11.8 Å². The molecule has 0 spiro atoms. The minimum Gasteiger partial charge on any atom is -0.462 e. The summed E-state index contributed by atoms with van der Waals surface area (Å²) in [6.07, 6.45) is 54.5. The van der Waals surface area contributed by atoms with Crippen molar-refractivity contribution in [3.8, 4) is 0 Å². The Hall–Kier alpha value is -2.98. The molecule has 0 aliphatic heterocycles. The molecule has 0 fully saturated rings. The number of ether oxygens (including phenoxy) is 4. The number of allylic oxidation sites excluding steroid dienone is 8. The van der Waals surface area contributed by atoms with Gasteiger partial charge in [-0.1, -0.05) is 264 Å². The molecule has 0 amide bonds. The molecule has 0 rings (SSSR count). The number of esters is 4. The molecule has 17 nitrogen and oxygen atoms in total. The fourth-order valence-electron chi connectivity index (χ4n) is 9.87. The van der Waals surface area contributed by atoms with Crippen molar-refractivity contribution in [3.05, 3.63) is 48.6 Å². The Morgan fingerprint density at radius 3 is 0.890 bits per heavy atom. The first kappa shape index (κ1) is 88.0. The number of carbonyl (C=O) groups is 4. The zero-order valence-electron chi connectivity index (χ0n) is 58.1. The molecule has 532 valence electrons. The maximum absolute atomic E-state index is 13.0. The molecule has 91 heavy (non-hydrogen) atoms. The number of hydrogen-bond donors (Lipinski definition) is 3. The standard InChI is InChI=1S/C72H132O17P2/c1-7-9-11-13-15-17-19-21-23-25-27-31-35-42-48-54-69(74)82-60-67(88-72(77)57-51-45-37-33-29-30-34-40-46-52-64(3)4)62-86-90(78,79)84-58-66(73)59-85-91(80,81)87-63-68(61-83-70(75)55-49-43-39-38-41-47-53-65(5)6)89-71(76)56-50-44-36-32-28-26-24-22-20-18-16-14-12-10-8-2/h17-24,64-68,73H,7-16,25-63H2,1-6H3,(H,78,79)(H,80,81)/b19-17-,20-18-,23-21-,24-22-/t66-,67-,68-/m1/s1. The molecule has 3 N–H and O–H groups in total. The van der Waals surface area contributed by atoms with Gasteiger partial charge in [0.05, 0.1) is 26.4 Å². The molecule has 0 bridgehead atoms. The van der Waals surface area contributed by atoms with E-state index >= 15 is 0 Å². The second kappa shape index (κ2) is 63.1. The molecule has 0 saturated carbocycles. The summed E-state index contributed by atoms with van der Waals surface area (Å²) in [6.45, 7) is 9.31. The molecule has 2 unspecified atom stereocenters. The second-order valence-electron chi connectivity index (χ2n) is 25.6. The van der Waals surface area contributed by atoms with Crippen molar-refractivity contribution in [2.24, 2.45) is 11.8 Å². The van der Waals surface area contributed by atoms with E-state index in [1.165, 1.54) is 96.3 Å². The molecule has 19 heteroatoms. The fraction of sp³-hybridized carbons (Fsp3) is 0.833. The summed E-state index contributed by atoms with van der Waals surface area (Å²) in [5, 5.41) is 10.6. The maximum Gasteiger partial charge on any atom is 0.472 e. The summed E-state index contributed by atoms with van der Waals surface area (Å²) in [5.74, 6) is -0.780.